The van der Waals surface area contributed by atoms with Crippen LogP contribution in [0.15, 0.2) is 103 Å². The monoisotopic (exact) mass is 637 g/mol. The molecule has 248 valence electrons. The Bertz CT molecular complexity index is 1590. The lowest BCUT2D eigenvalue weighted by molar-refractivity contribution is -0.111. The SMILES string of the molecule is CN(C/C=C/C(=O)Nc1cccc(Nc2cc(Nc3ccc(Oc4ccccc4)cc3)ncn2)c1)CC(C)(C)COCC(C)(C)CN. The van der Waals surface area contributed by atoms with E-state index < -0.39 is 0 Å². The zero-order valence-electron chi connectivity index (χ0n) is 28.0. The highest BCUT2D eigenvalue weighted by Crippen LogP contribution is 2.25. The Balaban J connectivity index is 1.24. The number of rotatable bonds is 17. The zero-order valence-corrected chi connectivity index (χ0v) is 28.0. The van der Waals surface area contributed by atoms with Crippen LogP contribution in [-0.4, -0.2) is 60.7 Å². The molecule has 0 saturated heterocycles. The van der Waals surface area contributed by atoms with Gasteiger partial charge in [-0.25, -0.2) is 9.97 Å². The van der Waals surface area contributed by atoms with Crippen molar-refractivity contribution in [2.24, 2.45) is 16.6 Å². The third-order valence-electron chi connectivity index (χ3n) is 7.10. The third-order valence-corrected chi connectivity index (χ3v) is 7.10. The summed E-state index contributed by atoms with van der Waals surface area (Å²) < 4.78 is 11.8. The largest absolute Gasteiger partial charge is 0.457 e. The molecule has 10 heteroatoms. The number of carbonyl (C=O) groups is 1. The summed E-state index contributed by atoms with van der Waals surface area (Å²) in [5.74, 6) is 2.56. The molecule has 4 aromatic rings. The van der Waals surface area contributed by atoms with Crippen LogP contribution in [0.3, 0.4) is 0 Å². The van der Waals surface area contributed by atoms with E-state index in [-0.39, 0.29) is 16.7 Å². The number of hydrogen-bond acceptors (Lipinski definition) is 9. The minimum absolute atomic E-state index is 0.0292. The minimum Gasteiger partial charge on any atom is -0.457 e. The molecule has 0 bridgehead atoms. The average molecular weight is 638 g/mol. The van der Waals surface area contributed by atoms with Crippen molar-refractivity contribution in [3.8, 4) is 11.5 Å². The maximum Gasteiger partial charge on any atom is 0.248 e. The molecule has 0 saturated carbocycles. The molecule has 0 radical (unpaired) electrons. The summed E-state index contributed by atoms with van der Waals surface area (Å²) in [7, 11) is 2.04. The van der Waals surface area contributed by atoms with Crippen molar-refractivity contribution in [1.82, 2.24) is 14.9 Å². The van der Waals surface area contributed by atoms with Crippen LogP contribution in [0.5, 0.6) is 11.5 Å². The number of hydrogen-bond donors (Lipinski definition) is 4. The molecule has 10 nitrogen and oxygen atoms in total. The topological polar surface area (TPSA) is 127 Å². The van der Waals surface area contributed by atoms with Crippen molar-refractivity contribution in [2.75, 3.05) is 55.8 Å². The molecule has 0 aliphatic heterocycles. The number of nitrogens with two attached hydrogens (primary N) is 1. The van der Waals surface area contributed by atoms with Gasteiger partial charge in [-0.15, -0.1) is 0 Å². The van der Waals surface area contributed by atoms with Crippen molar-refractivity contribution in [2.45, 2.75) is 27.7 Å². The van der Waals surface area contributed by atoms with Crippen LogP contribution in [0.1, 0.15) is 27.7 Å². The molecule has 5 N–H and O–H groups in total. The second-order valence-electron chi connectivity index (χ2n) is 13.2. The van der Waals surface area contributed by atoms with Gasteiger partial charge in [-0.05, 0) is 68.2 Å². The fourth-order valence-corrected chi connectivity index (χ4v) is 4.72. The van der Waals surface area contributed by atoms with E-state index in [0.717, 1.165) is 29.4 Å². The molecule has 1 amide bonds. The van der Waals surface area contributed by atoms with Crippen LogP contribution in [0, 0.1) is 10.8 Å². The first-order valence-corrected chi connectivity index (χ1v) is 15.7. The Hall–Kier alpha value is -4.77. The molecule has 3 aromatic carbocycles. The van der Waals surface area contributed by atoms with Gasteiger partial charge in [0.25, 0.3) is 0 Å². The van der Waals surface area contributed by atoms with Gasteiger partial charge in [-0.3, -0.25) is 4.79 Å². The summed E-state index contributed by atoms with van der Waals surface area (Å²) in [6.07, 6.45) is 4.92. The highest BCUT2D eigenvalue weighted by Gasteiger charge is 2.23. The van der Waals surface area contributed by atoms with Gasteiger partial charge in [0, 0.05) is 53.1 Å². The molecule has 47 heavy (non-hydrogen) atoms. The summed E-state index contributed by atoms with van der Waals surface area (Å²) in [5, 5.41) is 9.50. The maximum atomic E-state index is 12.6. The number of para-hydroxylation sites is 1. The Kier molecular flexibility index (Phi) is 12.5. The number of nitrogens with one attached hydrogen (secondary N) is 3. The van der Waals surface area contributed by atoms with E-state index in [1.807, 2.05) is 98.1 Å². The van der Waals surface area contributed by atoms with Crippen LogP contribution in [-0.2, 0) is 9.53 Å². The van der Waals surface area contributed by atoms with Crippen LogP contribution in [0.2, 0.25) is 0 Å². The third kappa shape index (κ3) is 12.5. The van der Waals surface area contributed by atoms with Crippen molar-refractivity contribution in [3.05, 3.63) is 103 Å². The molecule has 1 aromatic heterocycles. The lowest BCUT2D eigenvalue weighted by Gasteiger charge is -2.31. The van der Waals surface area contributed by atoms with E-state index in [9.17, 15) is 4.79 Å². The molecule has 0 spiro atoms. The normalized spacial score (nSPS) is 11.9. The summed E-state index contributed by atoms with van der Waals surface area (Å²) in [6.45, 7) is 11.9. The lowest BCUT2D eigenvalue weighted by atomic mass is 9.93. The molecule has 0 aliphatic carbocycles. The van der Waals surface area contributed by atoms with Gasteiger partial charge >= 0.3 is 0 Å². The van der Waals surface area contributed by atoms with Crippen molar-refractivity contribution in [3.63, 3.8) is 0 Å². The van der Waals surface area contributed by atoms with Gasteiger partial charge in [-0.2, -0.15) is 0 Å². The quantitative estimate of drug-likeness (QED) is 0.0889. The van der Waals surface area contributed by atoms with Crippen molar-refractivity contribution in [1.29, 1.82) is 0 Å². The molecule has 0 fully saturated rings. The van der Waals surface area contributed by atoms with Gasteiger partial charge in [0.05, 0.1) is 13.2 Å². The van der Waals surface area contributed by atoms with Crippen LogP contribution >= 0.6 is 0 Å². The fourth-order valence-electron chi connectivity index (χ4n) is 4.72. The van der Waals surface area contributed by atoms with E-state index in [1.54, 1.807) is 6.08 Å². The number of amides is 1. The minimum atomic E-state index is -0.198. The van der Waals surface area contributed by atoms with Crippen LogP contribution in [0.25, 0.3) is 0 Å². The molecule has 0 aliphatic rings. The van der Waals surface area contributed by atoms with Gasteiger partial charge in [0.1, 0.15) is 29.5 Å². The van der Waals surface area contributed by atoms with E-state index in [2.05, 4.69) is 58.5 Å². The number of likely N-dealkylation sites (N-methyl/N-ethyl adjacent to an activating group) is 1. The van der Waals surface area contributed by atoms with Crippen molar-refractivity contribution < 1.29 is 14.3 Å². The highest BCUT2D eigenvalue weighted by atomic mass is 16.5. The van der Waals surface area contributed by atoms with E-state index >= 15 is 0 Å². The first kappa shape index (κ1) is 35.1. The van der Waals surface area contributed by atoms with E-state index in [1.165, 1.54) is 6.33 Å². The van der Waals surface area contributed by atoms with Gasteiger partial charge in [-0.1, -0.05) is 58.0 Å². The Morgan fingerprint density at radius 3 is 2.15 bits per heavy atom. The second-order valence-corrected chi connectivity index (χ2v) is 13.2. The lowest BCUT2D eigenvalue weighted by Crippen LogP contribution is -2.37. The molecule has 0 atom stereocenters. The first-order chi connectivity index (χ1) is 22.5. The Labute approximate surface area is 278 Å². The summed E-state index contributed by atoms with van der Waals surface area (Å²) >= 11 is 0. The molecule has 0 unspecified atom stereocenters. The van der Waals surface area contributed by atoms with Crippen molar-refractivity contribution >= 4 is 34.6 Å². The zero-order chi connectivity index (χ0) is 33.7. The molecular formula is C37H47N7O3. The van der Waals surface area contributed by atoms with E-state index in [0.29, 0.717) is 43.6 Å². The van der Waals surface area contributed by atoms with E-state index in [4.69, 9.17) is 15.2 Å². The number of anilines is 5. The second kappa shape index (κ2) is 16.7. The highest BCUT2D eigenvalue weighted by molar-refractivity contribution is 5.99. The number of nitrogens with zero attached hydrogens (tertiary/aromatic N) is 3. The van der Waals surface area contributed by atoms with Crippen LogP contribution in [0.4, 0.5) is 28.7 Å². The maximum absolute atomic E-state index is 12.6. The number of aromatic nitrogens is 2. The summed E-state index contributed by atoms with van der Waals surface area (Å²) in [5.41, 5.74) is 8.05. The molecule has 1 heterocycles. The standard InChI is InChI=1S/C37H47N7O3/c1-36(2,23-38)25-46-26-37(3,4)24-44(5)20-10-15-35(45)43-30-12-9-11-29(21-30)42-34-22-33(39-27-40-34)41-28-16-18-32(19-17-28)47-31-13-7-6-8-14-31/h6-19,21-22,27H,20,23-26,38H2,1-5H3,(H,43,45)(H2,39,40,41,42)/b15-10+. The smallest absolute Gasteiger partial charge is 0.248 e. The fraction of sp³-hybridized carbons (Fsp3) is 0.324. The predicted octanol–water partition coefficient (Wildman–Crippen LogP) is 7.21. The summed E-state index contributed by atoms with van der Waals surface area (Å²) in [4.78, 5) is 23.5. The van der Waals surface area contributed by atoms with Gasteiger partial charge < -0.3 is 36.1 Å². The Morgan fingerprint density at radius 2 is 1.45 bits per heavy atom. The van der Waals surface area contributed by atoms with Crippen LogP contribution < -0.4 is 26.4 Å². The predicted molar refractivity (Wildman–Crippen MR) is 191 cm³/mol. The summed E-state index contributed by atoms with van der Waals surface area (Å²) in [6, 6.07) is 26.6. The van der Waals surface area contributed by atoms with Gasteiger partial charge in [0.15, 0.2) is 0 Å². The first-order valence-electron chi connectivity index (χ1n) is 15.7. The molecular weight excluding hydrogens is 590 g/mol. The number of ether oxygens (including phenoxy) is 2. The Morgan fingerprint density at radius 1 is 0.809 bits per heavy atom. The molecule has 4 rings (SSSR count). The number of carbonyl (C=O) groups excluding carboxylic acids is 1. The van der Waals surface area contributed by atoms with Gasteiger partial charge in [0.2, 0.25) is 5.91 Å². The number of benzene rings is 3. The average Bonchev–Trinajstić information content (AvgIpc) is 3.02.